The summed E-state index contributed by atoms with van der Waals surface area (Å²) in [5, 5.41) is 14.8. The first-order chi connectivity index (χ1) is 10.7. The first kappa shape index (κ1) is 12.9. The lowest BCUT2D eigenvalue weighted by Crippen LogP contribution is -2.20. The molecule has 1 unspecified atom stereocenters. The van der Waals surface area contributed by atoms with Crippen molar-refractivity contribution in [2.75, 3.05) is 5.32 Å². The molecule has 22 heavy (non-hydrogen) atoms. The minimum atomic E-state index is -0.702. The molecule has 0 bridgehead atoms. The standard InChI is InChI=1S/C15H10N4O2S/c16-15(21)17-9-3-1-2-8-10(9)14(20)11-12(18-19-13(8)11)7-4-5-22-6-7/h1-6,13H,(H3,16,17,21). The van der Waals surface area contributed by atoms with Gasteiger partial charge >= 0.3 is 6.03 Å². The van der Waals surface area contributed by atoms with E-state index in [9.17, 15) is 9.59 Å². The van der Waals surface area contributed by atoms with E-state index in [-0.39, 0.29) is 5.78 Å². The molecule has 0 saturated heterocycles. The Hall–Kier alpha value is -2.80. The number of thiophene rings is 1. The maximum Gasteiger partial charge on any atom is 0.316 e. The minimum absolute atomic E-state index is 0.157. The molecule has 1 atom stereocenters. The number of fused-ring (bicyclic) bond motifs is 3. The average Bonchev–Trinajstić information content (AvgIpc) is 3.18. The van der Waals surface area contributed by atoms with Gasteiger partial charge in [-0.2, -0.15) is 21.6 Å². The summed E-state index contributed by atoms with van der Waals surface area (Å²) in [4.78, 5) is 23.9. The fraction of sp³-hybridized carbons (Fsp3) is 0.0667. The third kappa shape index (κ3) is 1.72. The third-order valence-corrected chi connectivity index (χ3v) is 4.40. The van der Waals surface area contributed by atoms with Crippen LogP contribution in [0.25, 0.3) is 5.70 Å². The van der Waals surface area contributed by atoms with Crippen molar-refractivity contribution < 1.29 is 9.59 Å². The van der Waals surface area contributed by atoms with Crippen LogP contribution in [-0.2, 0) is 0 Å². The first-order valence-electron chi connectivity index (χ1n) is 6.58. The van der Waals surface area contributed by atoms with Gasteiger partial charge in [0.25, 0.3) is 0 Å². The Labute approximate surface area is 129 Å². The van der Waals surface area contributed by atoms with Crippen LogP contribution < -0.4 is 11.1 Å². The van der Waals surface area contributed by atoms with Crippen LogP contribution in [0.5, 0.6) is 0 Å². The van der Waals surface area contributed by atoms with Crippen molar-refractivity contribution >= 4 is 34.5 Å². The number of nitrogens with zero attached hydrogens (tertiary/aromatic N) is 2. The molecule has 3 N–H and O–H groups in total. The van der Waals surface area contributed by atoms with Gasteiger partial charge in [0.05, 0.1) is 16.8 Å². The van der Waals surface area contributed by atoms with Crippen LogP contribution in [0.3, 0.4) is 0 Å². The normalized spacial score (nSPS) is 18.5. The topological polar surface area (TPSA) is 96.9 Å². The van der Waals surface area contributed by atoms with Crippen molar-refractivity contribution in [3.8, 4) is 0 Å². The highest BCUT2D eigenvalue weighted by Gasteiger charge is 2.42. The lowest BCUT2D eigenvalue weighted by Gasteiger charge is -2.07. The molecular formula is C15H10N4O2S. The Kier molecular flexibility index (Phi) is 2.70. The molecule has 7 heteroatoms. The van der Waals surface area contributed by atoms with Gasteiger partial charge in [0, 0.05) is 10.9 Å². The summed E-state index contributed by atoms with van der Waals surface area (Å²) in [5.41, 5.74) is 8.84. The fourth-order valence-electron chi connectivity index (χ4n) is 2.84. The number of carbonyl (C=O) groups is 2. The Balaban J connectivity index is 1.89. The number of nitrogens with two attached hydrogens (primary N) is 1. The molecule has 0 saturated carbocycles. The number of amides is 2. The summed E-state index contributed by atoms with van der Waals surface area (Å²) >= 11 is 1.54. The second-order valence-electron chi connectivity index (χ2n) is 4.98. The SMILES string of the molecule is NC(=O)Nc1cccc2c1C(=O)C1=C(c3ccsc3)N=NC12. The highest BCUT2D eigenvalue weighted by molar-refractivity contribution is 7.08. The molecule has 4 rings (SSSR count). The van der Waals surface area contributed by atoms with E-state index < -0.39 is 12.1 Å². The van der Waals surface area contributed by atoms with E-state index in [0.717, 1.165) is 11.1 Å². The van der Waals surface area contributed by atoms with Crippen molar-refractivity contribution in [2.45, 2.75) is 6.04 Å². The van der Waals surface area contributed by atoms with E-state index in [2.05, 4.69) is 15.5 Å². The molecule has 2 amide bonds. The van der Waals surface area contributed by atoms with Crippen molar-refractivity contribution in [1.29, 1.82) is 0 Å². The monoisotopic (exact) mass is 310 g/mol. The van der Waals surface area contributed by atoms with Crippen LogP contribution in [0, 0.1) is 0 Å². The summed E-state index contributed by atoms with van der Waals surface area (Å²) in [5.74, 6) is -0.157. The zero-order valence-corrected chi connectivity index (χ0v) is 12.1. The minimum Gasteiger partial charge on any atom is -0.351 e. The Morgan fingerprint density at radius 2 is 2.18 bits per heavy atom. The molecule has 6 nitrogen and oxygen atoms in total. The molecule has 2 aliphatic rings. The lowest BCUT2D eigenvalue weighted by atomic mass is 10.0. The number of hydrogen-bond acceptors (Lipinski definition) is 5. The number of ketones is 1. The number of hydrogen-bond donors (Lipinski definition) is 2. The van der Waals surface area contributed by atoms with Gasteiger partial charge in [-0.05, 0) is 23.1 Å². The van der Waals surface area contributed by atoms with E-state index in [4.69, 9.17) is 5.73 Å². The lowest BCUT2D eigenvalue weighted by molar-refractivity contribution is 0.103. The van der Waals surface area contributed by atoms with E-state index in [1.807, 2.05) is 22.9 Å². The van der Waals surface area contributed by atoms with Crippen molar-refractivity contribution in [3.63, 3.8) is 0 Å². The van der Waals surface area contributed by atoms with Crippen LogP contribution in [0.15, 0.2) is 50.8 Å². The Bertz CT molecular complexity index is 868. The highest BCUT2D eigenvalue weighted by atomic mass is 32.1. The van der Waals surface area contributed by atoms with Crippen molar-refractivity contribution in [2.24, 2.45) is 16.0 Å². The second-order valence-corrected chi connectivity index (χ2v) is 5.76. The first-order valence-corrected chi connectivity index (χ1v) is 7.52. The number of rotatable bonds is 2. The summed E-state index contributed by atoms with van der Waals surface area (Å²) in [6, 6.07) is 6.06. The molecule has 0 radical (unpaired) electrons. The Morgan fingerprint density at radius 1 is 1.32 bits per heavy atom. The van der Waals surface area contributed by atoms with E-state index in [1.54, 1.807) is 12.1 Å². The maximum absolute atomic E-state index is 12.8. The predicted molar refractivity (Wildman–Crippen MR) is 82.8 cm³/mol. The number of benzene rings is 1. The molecule has 108 valence electrons. The van der Waals surface area contributed by atoms with Gasteiger partial charge in [-0.3, -0.25) is 4.79 Å². The largest absolute Gasteiger partial charge is 0.351 e. The molecule has 1 aromatic heterocycles. The number of urea groups is 1. The van der Waals surface area contributed by atoms with Crippen LogP contribution in [-0.4, -0.2) is 11.8 Å². The molecule has 2 heterocycles. The molecule has 0 spiro atoms. The smallest absolute Gasteiger partial charge is 0.316 e. The van der Waals surface area contributed by atoms with E-state index in [0.29, 0.717) is 22.5 Å². The van der Waals surface area contributed by atoms with E-state index in [1.165, 1.54) is 11.3 Å². The summed E-state index contributed by atoms with van der Waals surface area (Å²) in [6.45, 7) is 0. The number of primary amides is 1. The Morgan fingerprint density at radius 3 is 2.91 bits per heavy atom. The number of Topliss-reactive ketones (excluding diaryl/α,β-unsaturated/α-hetero) is 1. The highest BCUT2D eigenvalue weighted by Crippen LogP contribution is 2.49. The molecular weight excluding hydrogens is 300 g/mol. The van der Waals surface area contributed by atoms with Crippen LogP contribution >= 0.6 is 11.3 Å². The third-order valence-electron chi connectivity index (χ3n) is 3.72. The van der Waals surface area contributed by atoms with Gasteiger partial charge in [-0.15, -0.1) is 0 Å². The molecule has 1 aliphatic heterocycles. The average molecular weight is 310 g/mol. The van der Waals surface area contributed by atoms with Crippen molar-refractivity contribution in [3.05, 3.63) is 57.3 Å². The number of anilines is 1. The van der Waals surface area contributed by atoms with Crippen LogP contribution in [0.2, 0.25) is 0 Å². The predicted octanol–water partition coefficient (Wildman–Crippen LogP) is 3.35. The fourth-order valence-corrected chi connectivity index (χ4v) is 3.48. The number of nitrogens with one attached hydrogen (secondary N) is 1. The molecule has 1 aromatic carbocycles. The summed E-state index contributed by atoms with van der Waals surface area (Å²) in [7, 11) is 0. The van der Waals surface area contributed by atoms with Gasteiger partial charge in [-0.1, -0.05) is 12.1 Å². The zero-order valence-electron chi connectivity index (χ0n) is 11.2. The second kappa shape index (κ2) is 4.60. The van der Waals surface area contributed by atoms with Gasteiger partial charge in [-0.25, -0.2) is 4.79 Å². The van der Waals surface area contributed by atoms with Crippen LogP contribution in [0.4, 0.5) is 10.5 Å². The van der Waals surface area contributed by atoms with Crippen molar-refractivity contribution in [1.82, 2.24) is 0 Å². The zero-order chi connectivity index (χ0) is 15.3. The van der Waals surface area contributed by atoms with Gasteiger partial charge < -0.3 is 11.1 Å². The summed E-state index contributed by atoms with van der Waals surface area (Å²) in [6.07, 6.45) is 0. The number of carbonyl (C=O) groups excluding carboxylic acids is 2. The van der Waals surface area contributed by atoms with E-state index >= 15 is 0 Å². The maximum atomic E-state index is 12.8. The van der Waals surface area contributed by atoms with Gasteiger partial charge in [0.2, 0.25) is 0 Å². The van der Waals surface area contributed by atoms with Gasteiger partial charge in [0.1, 0.15) is 11.7 Å². The molecule has 2 aromatic rings. The molecule has 0 fully saturated rings. The van der Waals surface area contributed by atoms with Crippen LogP contribution in [0.1, 0.15) is 27.5 Å². The van der Waals surface area contributed by atoms with Gasteiger partial charge in [0.15, 0.2) is 5.78 Å². The summed E-state index contributed by atoms with van der Waals surface area (Å²) < 4.78 is 0. The molecule has 1 aliphatic carbocycles. The quantitative estimate of drug-likeness (QED) is 0.889. The number of azo groups is 1.